The van der Waals surface area contributed by atoms with Gasteiger partial charge in [-0.25, -0.2) is 18.0 Å². The predicted octanol–water partition coefficient (Wildman–Crippen LogP) is 4.69. The average Bonchev–Trinajstić information content (AvgIpc) is 3.72. The molecule has 202 valence electrons. The number of benzene rings is 2. The molecule has 0 unspecified atom stereocenters. The first kappa shape index (κ1) is 25.4. The number of nitrogens with zero attached hydrogens (tertiary/aromatic N) is 2. The summed E-state index contributed by atoms with van der Waals surface area (Å²) >= 11 is 1.07. The Kier molecular flexibility index (Phi) is 6.09. The van der Waals surface area contributed by atoms with Gasteiger partial charge in [0.25, 0.3) is 0 Å². The van der Waals surface area contributed by atoms with Gasteiger partial charge >= 0.3 is 6.16 Å². The minimum atomic E-state index is -1.04. The maximum atomic E-state index is 15.1. The lowest BCUT2D eigenvalue weighted by Gasteiger charge is -2.43. The van der Waals surface area contributed by atoms with E-state index < -0.39 is 47.3 Å². The van der Waals surface area contributed by atoms with Crippen LogP contribution in [0.1, 0.15) is 46.1 Å². The minimum Gasteiger partial charge on any atom is -0.451 e. The number of thioether (sulfide) groups is 1. The zero-order valence-electron chi connectivity index (χ0n) is 20.5. The van der Waals surface area contributed by atoms with Crippen molar-refractivity contribution in [2.24, 2.45) is 5.41 Å². The zero-order chi connectivity index (χ0) is 27.5. The number of hydrogen-bond acceptors (Lipinski definition) is 8. The summed E-state index contributed by atoms with van der Waals surface area (Å²) in [5, 5.41) is 1.76. The Bertz CT molecular complexity index is 1590. The van der Waals surface area contributed by atoms with Crippen LogP contribution in [0.4, 0.5) is 18.0 Å². The highest BCUT2D eigenvalue weighted by Gasteiger charge is 2.57. The average molecular weight is 559 g/mol. The van der Waals surface area contributed by atoms with Crippen LogP contribution in [0.3, 0.4) is 0 Å². The number of ketones is 1. The first-order valence-electron chi connectivity index (χ1n) is 12.0. The molecule has 39 heavy (non-hydrogen) atoms. The molecule has 1 atom stereocenters. The van der Waals surface area contributed by atoms with Crippen LogP contribution in [0.2, 0.25) is 0 Å². The number of fused-ring (bicyclic) bond motifs is 3. The van der Waals surface area contributed by atoms with Crippen molar-refractivity contribution in [3.63, 3.8) is 0 Å². The van der Waals surface area contributed by atoms with Gasteiger partial charge in [0, 0.05) is 35.0 Å². The second-order valence-corrected chi connectivity index (χ2v) is 10.5. The van der Waals surface area contributed by atoms with Crippen LogP contribution in [0, 0.1) is 22.9 Å². The second-order valence-electron chi connectivity index (χ2n) is 9.55. The van der Waals surface area contributed by atoms with Crippen LogP contribution in [-0.4, -0.2) is 37.1 Å². The molecule has 0 N–H and O–H groups in total. The van der Waals surface area contributed by atoms with Gasteiger partial charge in [-0.05, 0) is 36.1 Å². The lowest BCUT2D eigenvalue weighted by atomic mass is 9.89. The molecule has 2 aliphatic heterocycles. The Balaban J connectivity index is 1.56. The fraction of sp³-hybridized carbons (Fsp3) is 0.296. The van der Waals surface area contributed by atoms with Crippen molar-refractivity contribution >= 4 is 23.7 Å². The molecule has 8 nitrogen and oxygen atoms in total. The first-order valence-corrected chi connectivity index (χ1v) is 13.0. The molecule has 1 fully saturated rings. The normalized spacial score (nSPS) is 18.5. The van der Waals surface area contributed by atoms with E-state index in [4.69, 9.17) is 9.47 Å². The number of pyridine rings is 1. The monoisotopic (exact) mass is 558 g/mol. The van der Waals surface area contributed by atoms with Gasteiger partial charge in [-0.1, -0.05) is 18.2 Å². The van der Waals surface area contributed by atoms with E-state index >= 15 is 8.78 Å². The van der Waals surface area contributed by atoms with Crippen molar-refractivity contribution in [1.29, 1.82) is 0 Å². The van der Waals surface area contributed by atoms with Crippen LogP contribution >= 0.6 is 11.8 Å². The maximum Gasteiger partial charge on any atom is 0.510 e. The van der Waals surface area contributed by atoms with Crippen LogP contribution < -0.4 is 15.2 Å². The topological polar surface area (TPSA) is 87.1 Å². The van der Waals surface area contributed by atoms with Crippen LogP contribution in [0.5, 0.6) is 5.75 Å². The second kappa shape index (κ2) is 9.37. The van der Waals surface area contributed by atoms with Crippen LogP contribution in [0.15, 0.2) is 52.3 Å². The van der Waals surface area contributed by atoms with Gasteiger partial charge in [0.2, 0.25) is 12.2 Å². The minimum absolute atomic E-state index is 0.00246. The van der Waals surface area contributed by atoms with Crippen LogP contribution in [0.25, 0.3) is 0 Å². The summed E-state index contributed by atoms with van der Waals surface area (Å²) in [6.45, 7) is -0.496. The van der Waals surface area contributed by atoms with Crippen molar-refractivity contribution in [3.8, 4) is 5.75 Å². The number of carbonyl (C=O) groups excluding carboxylic acids is 2. The largest absolute Gasteiger partial charge is 0.510 e. The molecule has 1 aliphatic carbocycles. The molecule has 3 heterocycles. The van der Waals surface area contributed by atoms with E-state index in [-0.39, 0.29) is 40.0 Å². The maximum absolute atomic E-state index is 15.1. The third-order valence-corrected chi connectivity index (χ3v) is 8.50. The lowest BCUT2D eigenvalue weighted by Crippen LogP contribution is -2.52. The number of ether oxygens (including phenoxy) is 3. The molecular formula is C27H21F3N2O6S. The van der Waals surface area contributed by atoms with E-state index in [2.05, 4.69) is 4.74 Å². The van der Waals surface area contributed by atoms with Gasteiger partial charge in [0.1, 0.15) is 5.82 Å². The van der Waals surface area contributed by atoms with E-state index in [0.29, 0.717) is 24.0 Å². The highest BCUT2D eigenvalue weighted by atomic mass is 32.2. The fourth-order valence-corrected chi connectivity index (χ4v) is 6.40. The summed E-state index contributed by atoms with van der Waals surface area (Å²) in [7, 11) is 1.11. The first-order chi connectivity index (χ1) is 18.8. The standard InChI is InChI=1S/C27H21F3N2O6S/c1-36-26(35)38-13-37-23-19(33)7-10-31-22(23)25(34)27(8-9-27)12-32(31)21-14-5-6-17(28)20(30)16(14)11-39-24-15(21)3-2-4-18(24)29/h2-7,10,21H,8-9,11-13H2,1H3/t21-/m0/s1. The SMILES string of the molecule is COC(=O)OCOc1c2n(ccc1=O)N([C@H]1c3ccc(F)c(F)c3CSc3c(F)cccc31)CC1(CC1)C2=O. The Hall–Kier alpha value is -3.93. The number of aromatic nitrogens is 1. The molecule has 1 saturated carbocycles. The summed E-state index contributed by atoms with van der Waals surface area (Å²) in [4.78, 5) is 38.2. The molecule has 0 amide bonds. The fourth-order valence-electron chi connectivity index (χ4n) is 5.26. The summed E-state index contributed by atoms with van der Waals surface area (Å²) in [5.74, 6) is -3.19. The van der Waals surface area contributed by atoms with Gasteiger partial charge in [-0.3, -0.25) is 19.3 Å². The Morgan fingerprint density at radius 2 is 1.87 bits per heavy atom. The number of methoxy groups -OCH3 is 1. The van der Waals surface area contributed by atoms with Crippen molar-refractivity contribution in [1.82, 2.24) is 4.68 Å². The molecule has 2 aromatic carbocycles. The summed E-state index contributed by atoms with van der Waals surface area (Å²) in [5.41, 5.74) is -0.516. The molecule has 0 saturated heterocycles. The van der Waals surface area contributed by atoms with Gasteiger partial charge in [-0.15, -0.1) is 11.8 Å². The van der Waals surface area contributed by atoms with E-state index in [9.17, 15) is 18.8 Å². The highest BCUT2D eigenvalue weighted by molar-refractivity contribution is 7.98. The van der Waals surface area contributed by atoms with E-state index in [1.807, 2.05) is 0 Å². The molecule has 3 aliphatic rings. The summed E-state index contributed by atoms with van der Waals surface area (Å²) < 4.78 is 60.6. The van der Waals surface area contributed by atoms with E-state index in [0.717, 1.165) is 24.9 Å². The Labute approximate surface area is 224 Å². The molecule has 0 radical (unpaired) electrons. The molecule has 0 bridgehead atoms. The summed E-state index contributed by atoms with van der Waals surface area (Å²) in [6, 6.07) is 7.41. The lowest BCUT2D eigenvalue weighted by molar-refractivity contribution is 0.0137. The van der Waals surface area contributed by atoms with Crippen molar-refractivity contribution in [3.05, 3.63) is 92.7 Å². The van der Waals surface area contributed by atoms with Gasteiger partial charge in [0.05, 0.1) is 18.6 Å². The smallest absolute Gasteiger partial charge is 0.451 e. The number of rotatable bonds is 4. The third kappa shape index (κ3) is 4.05. The number of hydrogen-bond donors (Lipinski definition) is 0. The molecule has 1 spiro atoms. The van der Waals surface area contributed by atoms with Crippen molar-refractivity contribution < 1.29 is 37.0 Å². The molecular weight excluding hydrogens is 537 g/mol. The number of carbonyl (C=O) groups is 2. The van der Waals surface area contributed by atoms with Gasteiger partial charge < -0.3 is 14.2 Å². The van der Waals surface area contributed by atoms with Crippen molar-refractivity contribution in [2.75, 3.05) is 25.5 Å². The molecule has 3 aromatic rings. The zero-order valence-corrected chi connectivity index (χ0v) is 21.4. The Morgan fingerprint density at radius 1 is 1.08 bits per heavy atom. The molecule has 12 heteroatoms. The molecule has 1 aromatic heterocycles. The quantitative estimate of drug-likeness (QED) is 0.337. The third-order valence-electron chi connectivity index (χ3n) is 7.35. The van der Waals surface area contributed by atoms with Crippen LogP contribution in [-0.2, 0) is 15.2 Å². The predicted molar refractivity (Wildman–Crippen MR) is 133 cm³/mol. The number of halogens is 3. The van der Waals surface area contributed by atoms with E-state index in [1.165, 1.54) is 29.1 Å². The summed E-state index contributed by atoms with van der Waals surface area (Å²) in [6.07, 6.45) is 1.43. The van der Waals surface area contributed by atoms with Gasteiger partial charge in [-0.2, -0.15) is 0 Å². The Morgan fingerprint density at radius 3 is 2.62 bits per heavy atom. The van der Waals surface area contributed by atoms with E-state index in [1.54, 1.807) is 17.1 Å². The van der Waals surface area contributed by atoms with Gasteiger partial charge in [0.15, 0.2) is 28.9 Å². The van der Waals surface area contributed by atoms with Crippen molar-refractivity contribution in [2.45, 2.75) is 29.5 Å². The highest BCUT2D eigenvalue weighted by Crippen LogP contribution is 2.54. The number of Topliss-reactive ketones (excluding diaryl/α,β-unsaturated/α-hetero) is 1. The molecule has 6 rings (SSSR count).